The van der Waals surface area contributed by atoms with Crippen LogP contribution in [-0.2, 0) is 0 Å². The molecule has 0 fully saturated rings. The van der Waals surface area contributed by atoms with Crippen molar-refractivity contribution in [1.82, 2.24) is 0 Å². The Balaban J connectivity index is 4.33. The van der Waals surface area contributed by atoms with Crippen LogP contribution < -0.4 is 5.73 Å². The molecular formula is C12H22BNO. The standard InChI is InChI=1S/C12H22BNO/c1-4-6-11(5-2)7-8-12(14)9-10-13(3)15/h7-10,15H,4-6,14H2,1-3H3/b10-9+,11-7+,12-8+. The molecule has 0 aliphatic rings. The second-order valence-electron chi connectivity index (χ2n) is 3.69. The van der Waals surface area contributed by atoms with E-state index in [4.69, 9.17) is 10.8 Å². The van der Waals surface area contributed by atoms with E-state index >= 15 is 0 Å². The summed E-state index contributed by atoms with van der Waals surface area (Å²) in [7, 11) is 0. The molecule has 0 rings (SSSR count). The van der Waals surface area contributed by atoms with E-state index in [0.29, 0.717) is 5.70 Å². The van der Waals surface area contributed by atoms with Gasteiger partial charge in [0, 0.05) is 5.70 Å². The van der Waals surface area contributed by atoms with Crippen LogP contribution in [0, 0.1) is 0 Å². The van der Waals surface area contributed by atoms with Crippen molar-refractivity contribution >= 4 is 6.92 Å². The van der Waals surface area contributed by atoms with Crippen molar-refractivity contribution in [2.45, 2.75) is 39.9 Å². The molecular weight excluding hydrogens is 185 g/mol. The largest absolute Gasteiger partial charge is 0.447 e. The van der Waals surface area contributed by atoms with Gasteiger partial charge >= 0.3 is 6.92 Å². The monoisotopic (exact) mass is 207 g/mol. The highest BCUT2D eigenvalue weighted by molar-refractivity contribution is 6.54. The van der Waals surface area contributed by atoms with Gasteiger partial charge in [-0.2, -0.15) is 0 Å². The molecule has 0 radical (unpaired) electrons. The summed E-state index contributed by atoms with van der Waals surface area (Å²) < 4.78 is 0. The van der Waals surface area contributed by atoms with Gasteiger partial charge in [0.15, 0.2) is 0 Å². The minimum absolute atomic E-state index is 0.442. The van der Waals surface area contributed by atoms with Crippen LogP contribution in [0.4, 0.5) is 0 Å². The lowest BCUT2D eigenvalue weighted by Crippen LogP contribution is -2.01. The van der Waals surface area contributed by atoms with Crippen LogP contribution in [0.2, 0.25) is 6.82 Å². The first-order valence-corrected chi connectivity index (χ1v) is 5.61. The summed E-state index contributed by atoms with van der Waals surface area (Å²) in [5.41, 5.74) is 7.83. The third-order valence-electron chi connectivity index (χ3n) is 2.10. The lowest BCUT2D eigenvalue weighted by Gasteiger charge is -1.99. The normalized spacial score (nSPS) is 13.6. The lowest BCUT2D eigenvalue weighted by molar-refractivity contribution is 0.593. The highest BCUT2D eigenvalue weighted by Crippen LogP contribution is 2.09. The highest BCUT2D eigenvalue weighted by Gasteiger charge is 1.93. The minimum atomic E-state index is -0.442. The molecule has 0 aromatic carbocycles. The van der Waals surface area contributed by atoms with Gasteiger partial charge in [-0.05, 0) is 25.0 Å². The zero-order valence-electron chi connectivity index (χ0n) is 10.0. The highest BCUT2D eigenvalue weighted by atomic mass is 16.2. The maximum Gasteiger partial charge on any atom is 0.312 e. The number of nitrogens with two attached hydrogens (primary N) is 1. The van der Waals surface area contributed by atoms with Gasteiger partial charge in [0.25, 0.3) is 0 Å². The summed E-state index contributed by atoms with van der Waals surface area (Å²) in [5, 5.41) is 9.02. The fourth-order valence-corrected chi connectivity index (χ4v) is 1.22. The average Bonchev–Trinajstić information content (AvgIpc) is 2.21. The van der Waals surface area contributed by atoms with Crippen molar-refractivity contribution in [2.24, 2.45) is 5.73 Å². The Hall–Kier alpha value is -0.955. The predicted molar refractivity (Wildman–Crippen MR) is 68.5 cm³/mol. The Labute approximate surface area is 93.7 Å². The molecule has 84 valence electrons. The summed E-state index contributed by atoms with van der Waals surface area (Å²) in [6, 6.07) is 0. The minimum Gasteiger partial charge on any atom is -0.447 e. The molecule has 3 heteroatoms. The average molecular weight is 207 g/mol. The van der Waals surface area contributed by atoms with E-state index in [-0.39, 0.29) is 0 Å². The molecule has 0 saturated heterocycles. The molecule has 0 atom stereocenters. The fourth-order valence-electron chi connectivity index (χ4n) is 1.22. The van der Waals surface area contributed by atoms with Gasteiger partial charge in [-0.15, -0.1) is 0 Å². The number of allylic oxidation sites excluding steroid dienone is 4. The van der Waals surface area contributed by atoms with Gasteiger partial charge < -0.3 is 10.8 Å². The van der Waals surface area contributed by atoms with Gasteiger partial charge in [-0.25, -0.2) is 0 Å². The Bertz CT molecular complexity index is 254. The van der Waals surface area contributed by atoms with Crippen molar-refractivity contribution in [3.63, 3.8) is 0 Å². The van der Waals surface area contributed by atoms with Crippen molar-refractivity contribution < 1.29 is 5.02 Å². The van der Waals surface area contributed by atoms with Crippen LogP contribution in [0.15, 0.2) is 35.5 Å². The molecule has 15 heavy (non-hydrogen) atoms. The van der Waals surface area contributed by atoms with Crippen LogP contribution in [-0.4, -0.2) is 11.9 Å². The molecule has 0 aliphatic carbocycles. The molecule has 0 bridgehead atoms. The van der Waals surface area contributed by atoms with Gasteiger partial charge in [0.1, 0.15) is 0 Å². The van der Waals surface area contributed by atoms with E-state index in [2.05, 4.69) is 19.9 Å². The Morgan fingerprint density at radius 2 is 2.00 bits per heavy atom. The Kier molecular flexibility index (Phi) is 7.83. The second-order valence-corrected chi connectivity index (χ2v) is 3.69. The first kappa shape index (κ1) is 14.0. The first-order valence-electron chi connectivity index (χ1n) is 5.61. The van der Waals surface area contributed by atoms with Crippen molar-refractivity contribution in [3.05, 3.63) is 35.5 Å². The molecule has 0 aliphatic heterocycles. The maximum atomic E-state index is 9.02. The quantitative estimate of drug-likeness (QED) is 0.519. The van der Waals surface area contributed by atoms with Gasteiger partial charge in [-0.1, -0.05) is 44.7 Å². The summed E-state index contributed by atoms with van der Waals surface area (Å²) in [6.45, 7) is 5.58. The zero-order chi connectivity index (χ0) is 11.7. The molecule has 0 aromatic heterocycles. The second kappa shape index (κ2) is 8.36. The smallest absolute Gasteiger partial charge is 0.312 e. The Morgan fingerprint density at radius 1 is 1.33 bits per heavy atom. The van der Waals surface area contributed by atoms with Crippen molar-refractivity contribution in [2.75, 3.05) is 0 Å². The molecule has 0 spiro atoms. The van der Waals surface area contributed by atoms with E-state index in [1.54, 1.807) is 18.9 Å². The molecule has 0 unspecified atom stereocenters. The summed E-state index contributed by atoms with van der Waals surface area (Å²) in [6.07, 6.45) is 9.06. The SMILES string of the molecule is CCC/C(=C/C=C(N)\C=C\B(C)O)CC. The van der Waals surface area contributed by atoms with Crippen LogP contribution in [0.1, 0.15) is 33.1 Å². The molecule has 0 aromatic rings. The van der Waals surface area contributed by atoms with Crippen LogP contribution in [0.3, 0.4) is 0 Å². The van der Waals surface area contributed by atoms with E-state index in [9.17, 15) is 0 Å². The first-order chi connectivity index (χ1) is 7.10. The lowest BCUT2D eigenvalue weighted by atomic mass is 9.72. The number of hydrogen-bond donors (Lipinski definition) is 2. The molecule has 3 N–H and O–H groups in total. The zero-order valence-corrected chi connectivity index (χ0v) is 10.0. The maximum absolute atomic E-state index is 9.02. The van der Waals surface area contributed by atoms with E-state index in [1.807, 2.05) is 6.08 Å². The predicted octanol–water partition coefficient (Wildman–Crippen LogP) is 2.67. The molecule has 0 heterocycles. The van der Waals surface area contributed by atoms with E-state index in [1.165, 1.54) is 5.57 Å². The summed E-state index contributed by atoms with van der Waals surface area (Å²) >= 11 is 0. The number of hydrogen-bond acceptors (Lipinski definition) is 2. The van der Waals surface area contributed by atoms with Crippen LogP contribution in [0.25, 0.3) is 0 Å². The number of rotatable bonds is 6. The summed E-state index contributed by atoms with van der Waals surface area (Å²) in [4.78, 5) is 0. The van der Waals surface area contributed by atoms with Crippen LogP contribution >= 0.6 is 0 Å². The Morgan fingerprint density at radius 3 is 2.47 bits per heavy atom. The summed E-state index contributed by atoms with van der Waals surface area (Å²) in [5.74, 6) is 1.67. The van der Waals surface area contributed by atoms with Gasteiger partial charge in [0.05, 0.1) is 0 Å². The van der Waals surface area contributed by atoms with Crippen molar-refractivity contribution in [1.29, 1.82) is 0 Å². The van der Waals surface area contributed by atoms with Crippen LogP contribution in [0.5, 0.6) is 0 Å². The molecule has 2 nitrogen and oxygen atoms in total. The third kappa shape index (κ3) is 8.07. The van der Waals surface area contributed by atoms with Crippen molar-refractivity contribution in [3.8, 4) is 0 Å². The van der Waals surface area contributed by atoms with Gasteiger partial charge in [0.2, 0.25) is 0 Å². The molecule has 0 amide bonds. The molecule has 0 saturated carbocycles. The topological polar surface area (TPSA) is 46.2 Å². The fraction of sp³-hybridized carbons (Fsp3) is 0.500. The van der Waals surface area contributed by atoms with E-state index < -0.39 is 6.92 Å². The van der Waals surface area contributed by atoms with Gasteiger partial charge in [-0.3, -0.25) is 0 Å². The van der Waals surface area contributed by atoms with E-state index in [0.717, 1.165) is 19.3 Å². The third-order valence-corrected chi connectivity index (χ3v) is 2.10.